The van der Waals surface area contributed by atoms with Crippen LogP contribution in [0.1, 0.15) is 6.92 Å². The average molecular weight is 495 g/mol. The molecule has 32 heavy (non-hydrogen) atoms. The van der Waals surface area contributed by atoms with Crippen LogP contribution in [0.15, 0.2) is 71.6 Å². The van der Waals surface area contributed by atoms with E-state index in [4.69, 9.17) is 32.7 Å². The summed E-state index contributed by atoms with van der Waals surface area (Å²) >= 11 is 11.9. The van der Waals surface area contributed by atoms with Crippen LogP contribution < -0.4 is 19.5 Å². The molecule has 0 radical (unpaired) electrons. The minimum atomic E-state index is -4.06. The Balaban J connectivity index is 1.80. The van der Waals surface area contributed by atoms with Gasteiger partial charge in [-0.1, -0.05) is 35.3 Å². The highest BCUT2D eigenvalue weighted by Crippen LogP contribution is 2.31. The zero-order valence-electron chi connectivity index (χ0n) is 17.1. The number of nitrogens with one attached hydrogen (secondary N) is 2. The molecule has 2 N–H and O–H groups in total. The molecule has 7 nitrogen and oxygen atoms in total. The van der Waals surface area contributed by atoms with E-state index in [-0.39, 0.29) is 27.0 Å². The van der Waals surface area contributed by atoms with Crippen molar-refractivity contribution in [2.75, 3.05) is 17.1 Å². The molecule has 0 heterocycles. The maximum absolute atomic E-state index is 13.0. The number of amides is 1. The fraction of sp³-hybridized carbons (Fsp3) is 0.136. The molecule has 1 amide bonds. The Labute approximate surface area is 196 Å². The Kier molecular flexibility index (Phi) is 7.50. The van der Waals surface area contributed by atoms with Crippen molar-refractivity contribution in [3.63, 3.8) is 0 Å². The number of rotatable bonds is 8. The van der Waals surface area contributed by atoms with Crippen LogP contribution >= 0.6 is 23.2 Å². The van der Waals surface area contributed by atoms with E-state index in [1.54, 1.807) is 49.4 Å². The molecule has 0 aliphatic rings. The molecule has 0 aliphatic heterocycles. The van der Waals surface area contributed by atoms with Gasteiger partial charge in [-0.05, 0) is 61.5 Å². The van der Waals surface area contributed by atoms with Gasteiger partial charge in [0, 0.05) is 10.7 Å². The van der Waals surface area contributed by atoms with Gasteiger partial charge in [-0.2, -0.15) is 0 Å². The van der Waals surface area contributed by atoms with E-state index >= 15 is 0 Å². The van der Waals surface area contributed by atoms with Gasteiger partial charge in [0.1, 0.15) is 16.4 Å². The highest BCUT2D eigenvalue weighted by molar-refractivity contribution is 7.92. The fourth-order valence-corrected chi connectivity index (χ4v) is 4.36. The number of hydrogen-bond donors (Lipinski definition) is 2. The van der Waals surface area contributed by atoms with Gasteiger partial charge in [-0.3, -0.25) is 9.52 Å². The van der Waals surface area contributed by atoms with Gasteiger partial charge in [0.15, 0.2) is 6.10 Å². The number of methoxy groups -OCH3 is 1. The number of halogens is 2. The van der Waals surface area contributed by atoms with Crippen molar-refractivity contribution < 1.29 is 22.7 Å². The van der Waals surface area contributed by atoms with Crippen molar-refractivity contribution in [2.24, 2.45) is 0 Å². The smallest absolute Gasteiger partial charge is 0.265 e. The predicted octanol–water partition coefficient (Wildman–Crippen LogP) is 5.21. The SMILES string of the molecule is COc1ccc(NC(=O)C(C)Oc2ccc(Cl)cc2)cc1S(=O)(=O)Nc1ccccc1Cl. The molecule has 1 atom stereocenters. The summed E-state index contributed by atoms with van der Waals surface area (Å²) in [5, 5.41) is 3.44. The Bertz CT molecular complexity index is 1220. The van der Waals surface area contributed by atoms with Crippen LogP contribution in [0.25, 0.3) is 0 Å². The van der Waals surface area contributed by atoms with Gasteiger partial charge < -0.3 is 14.8 Å². The van der Waals surface area contributed by atoms with Crippen LogP contribution in [0.3, 0.4) is 0 Å². The van der Waals surface area contributed by atoms with E-state index in [0.29, 0.717) is 10.8 Å². The average Bonchev–Trinajstić information content (AvgIpc) is 2.76. The minimum absolute atomic E-state index is 0.105. The van der Waals surface area contributed by atoms with Crippen LogP contribution in [0.5, 0.6) is 11.5 Å². The van der Waals surface area contributed by atoms with Crippen LogP contribution in [-0.4, -0.2) is 27.5 Å². The first-order chi connectivity index (χ1) is 15.2. The van der Waals surface area contributed by atoms with E-state index in [2.05, 4.69) is 10.0 Å². The third kappa shape index (κ3) is 5.85. The molecule has 3 aromatic carbocycles. The predicted molar refractivity (Wildman–Crippen MR) is 125 cm³/mol. The molecular weight excluding hydrogens is 475 g/mol. The maximum atomic E-state index is 13.0. The number of hydrogen-bond acceptors (Lipinski definition) is 5. The highest BCUT2D eigenvalue weighted by Gasteiger charge is 2.23. The summed E-state index contributed by atoms with van der Waals surface area (Å²) in [6, 6.07) is 17.3. The third-order valence-electron chi connectivity index (χ3n) is 4.33. The third-order valence-corrected chi connectivity index (χ3v) is 6.30. The molecule has 3 aromatic rings. The zero-order valence-corrected chi connectivity index (χ0v) is 19.5. The zero-order chi connectivity index (χ0) is 23.3. The number of carbonyl (C=O) groups excluding carboxylic acids is 1. The van der Waals surface area contributed by atoms with Crippen molar-refractivity contribution >= 4 is 50.5 Å². The standard InChI is InChI=1S/C22H20Cl2N2O5S/c1-14(31-17-10-7-15(23)8-11-17)22(27)25-16-9-12-20(30-2)21(13-16)32(28,29)26-19-6-4-3-5-18(19)24/h3-14,26H,1-2H3,(H,25,27). The second kappa shape index (κ2) is 10.1. The van der Waals surface area contributed by atoms with E-state index in [1.807, 2.05) is 0 Å². The summed E-state index contributed by atoms with van der Waals surface area (Å²) < 4.78 is 39.2. The largest absolute Gasteiger partial charge is 0.495 e. The Morgan fingerprint density at radius 1 is 1.00 bits per heavy atom. The van der Waals surface area contributed by atoms with Crippen LogP contribution in [-0.2, 0) is 14.8 Å². The van der Waals surface area contributed by atoms with Crippen molar-refractivity contribution in [2.45, 2.75) is 17.9 Å². The molecule has 0 aliphatic carbocycles. The highest BCUT2D eigenvalue weighted by atomic mass is 35.5. The molecule has 0 saturated heterocycles. The van der Waals surface area contributed by atoms with Crippen LogP contribution in [0, 0.1) is 0 Å². The molecule has 0 fully saturated rings. The summed E-state index contributed by atoms with van der Waals surface area (Å²) in [6.45, 7) is 1.57. The lowest BCUT2D eigenvalue weighted by Crippen LogP contribution is -2.30. The lowest BCUT2D eigenvalue weighted by molar-refractivity contribution is -0.122. The van der Waals surface area contributed by atoms with Gasteiger partial charge in [0.05, 0.1) is 17.8 Å². The molecule has 0 aromatic heterocycles. The number of anilines is 2. The Hall–Kier alpha value is -2.94. The normalized spacial score (nSPS) is 12.0. The van der Waals surface area contributed by atoms with Crippen molar-refractivity contribution in [3.8, 4) is 11.5 Å². The molecule has 10 heteroatoms. The fourth-order valence-electron chi connectivity index (χ4n) is 2.72. The summed E-state index contributed by atoms with van der Waals surface area (Å²) in [7, 11) is -2.71. The van der Waals surface area contributed by atoms with Gasteiger partial charge >= 0.3 is 0 Å². The van der Waals surface area contributed by atoms with E-state index in [1.165, 1.54) is 31.4 Å². The first kappa shape index (κ1) is 23.7. The molecule has 0 bridgehead atoms. The topological polar surface area (TPSA) is 93.7 Å². The second-order valence-corrected chi connectivity index (χ2v) is 9.15. The molecule has 168 valence electrons. The first-order valence-electron chi connectivity index (χ1n) is 9.38. The van der Waals surface area contributed by atoms with Gasteiger partial charge in [-0.25, -0.2) is 8.42 Å². The maximum Gasteiger partial charge on any atom is 0.265 e. The first-order valence-corrected chi connectivity index (χ1v) is 11.6. The lowest BCUT2D eigenvalue weighted by Gasteiger charge is -2.17. The molecule has 0 saturated carbocycles. The number of ether oxygens (including phenoxy) is 2. The van der Waals surface area contributed by atoms with E-state index < -0.39 is 22.0 Å². The van der Waals surface area contributed by atoms with Gasteiger partial charge in [0.2, 0.25) is 0 Å². The van der Waals surface area contributed by atoms with Gasteiger partial charge in [0.25, 0.3) is 15.9 Å². The van der Waals surface area contributed by atoms with E-state index in [9.17, 15) is 13.2 Å². The molecular formula is C22H20Cl2N2O5S. The second-order valence-electron chi connectivity index (χ2n) is 6.65. The number of para-hydroxylation sites is 1. The van der Waals surface area contributed by atoms with Crippen molar-refractivity contribution in [1.29, 1.82) is 0 Å². The number of sulfonamides is 1. The summed E-state index contributed by atoms with van der Waals surface area (Å²) in [5.41, 5.74) is 0.470. The number of carbonyl (C=O) groups is 1. The molecule has 1 unspecified atom stereocenters. The summed E-state index contributed by atoms with van der Waals surface area (Å²) in [5.74, 6) is 0.111. The van der Waals surface area contributed by atoms with Crippen LogP contribution in [0.4, 0.5) is 11.4 Å². The summed E-state index contributed by atoms with van der Waals surface area (Å²) in [6.07, 6.45) is -0.848. The Morgan fingerprint density at radius 3 is 2.34 bits per heavy atom. The Morgan fingerprint density at radius 2 is 1.69 bits per heavy atom. The van der Waals surface area contributed by atoms with E-state index in [0.717, 1.165) is 0 Å². The minimum Gasteiger partial charge on any atom is -0.495 e. The van der Waals surface area contributed by atoms with Crippen molar-refractivity contribution in [1.82, 2.24) is 0 Å². The quantitative estimate of drug-likeness (QED) is 0.448. The summed E-state index contributed by atoms with van der Waals surface area (Å²) in [4.78, 5) is 12.4. The van der Waals surface area contributed by atoms with Crippen LogP contribution in [0.2, 0.25) is 10.0 Å². The molecule has 3 rings (SSSR count). The number of benzene rings is 3. The lowest BCUT2D eigenvalue weighted by atomic mass is 10.2. The monoisotopic (exact) mass is 494 g/mol. The molecule has 0 spiro atoms. The van der Waals surface area contributed by atoms with Crippen molar-refractivity contribution in [3.05, 3.63) is 76.8 Å². The van der Waals surface area contributed by atoms with Gasteiger partial charge in [-0.15, -0.1) is 0 Å².